The first-order valence-corrected chi connectivity index (χ1v) is 7.16. The number of nitrogens with two attached hydrogens (primary N) is 1. The number of nitrogens with one attached hydrogen (secondary N) is 1. The summed E-state index contributed by atoms with van der Waals surface area (Å²) in [4.78, 5) is 16.7. The first-order chi connectivity index (χ1) is 9.60. The van der Waals surface area contributed by atoms with Crippen LogP contribution in [0.2, 0.25) is 0 Å². The minimum absolute atomic E-state index is 0.163. The first kappa shape index (κ1) is 14.5. The fraction of sp³-hybridized carbons (Fsp3) is 0.286. The van der Waals surface area contributed by atoms with Gasteiger partial charge in [0.1, 0.15) is 4.88 Å². The topological polar surface area (TPSA) is 88.2 Å². The van der Waals surface area contributed by atoms with Gasteiger partial charge in [0.25, 0.3) is 5.91 Å². The van der Waals surface area contributed by atoms with Crippen LogP contribution in [0.25, 0.3) is 0 Å². The summed E-state index contributed by atoms with van der Waals surface area (Å²) >= 11 is 1.18. The van der Waals surface area contributed by atoms with Gasteiger partial charge in [-0.25, -0.2) is 4.98 Å². The Morgan fingerprint density at radius 3 is 2.95 bits per heavy atom. The van der Waals surface area contributed by atoms with Crippen molar-refractivity contribution in [1.29, 1.82) is 0 Å². The molecule has 0 aliphatic heterocycles. The summed E-state index contributed by atoms with van der Waals surface area (Å²) in [6, 6.07) is 7.60. The molecule has 4 N–H and O–H groups in total. The van der Waals surface area contributed by atoms with E-state index in [9.17, 15) is 4.79 Å². The highest BCUT2D eigenvalue weighted by Crippen LogP contribution is 2.21. The molecule has 0 aliphatic carbocycles. The molecule has 0 radical (unpaired) electrons. The third-order valence-corrected chi connectivity index (χ3v) is 3.81. The number of nitrogen functional groups attached to an aromatic ring is 1. The number of carbonyl (C=O) groups is 1. The SMILES string of the molecule is Cc1nc(N)sc1C(=O)Nc1cccc(CCCO)c1. The highest BCUT2D eigenvalue weighted by Gasteiger charge is 2.14. The zero-order chi connectivity index (χ0) is 14.5. The van der Waals surface area contributed by atoms with E-state index in [1.54, 1.807) is 6.92 Å². The van der Waals surface area contributed by atoms with Gasteiger partial charge in [-0.2, -0.15) is 0 Å². The van der Waals surface area contributed by atoms with E-state index in [1.807, 2.05) is 24.3 Å². The first-order valence-electron chi connectivity index (χ1n) is 6.34. The van der Waals surface area contributed by atoms with Crippen molar-refractivity contribution in [3.63, 3.8) is 0 Å². The number of hydrogen-bond donors (Lipinski definition) is 3. The Kier molecular flexibility index (Phi) is 4.70. The highest BCUT2D eigenvalue weighted by atomic mass is 32.1. The maximum Gasteiger partial charge on any atom is 0.267 e. The lowest BCUT2D eigenvalue weighted by molar-refractivity contribution is 0.103. The maximum atomic E-state index is 12.1. The summed E-state index contributed by atoms with van der Waals surface area (Å²) in [6.07, 6.45) is 1.49. The Morgan fingerprint density at radius 1 is 1.50 bits per heavy atom. The quantitative estimate of drug-likeness (QED) is 0.788. The predicted octanol–water partition coefficient (Wildman–Crippen LogP) is 2.21. The number of aryl methyl sites for hydroxylation is 2. The predicted molar refractivity (Wildman–Crippen MR) is 81.1 cm³/mol. The van der Waals surface area contributed by atoms with Crippen LogP contribution in [0, 0.1) is 6.92 Å². The van der Waals surface area contributed by atoms with Gasteiger partial charge < -0.3 is 16.2 Å². The van der Waals surface area contributed by atoms with Crippen molar-refractivity contribution in [1.82, 2.24) is 4.98 Å². The molecule has 0 aliphatic rings. The Labute approximate surface area is 121 Å². The number of benzene rings is 1. The van der Waals surface area contributed by atoms with Crippen molar-refractivity contribution >= 4 is 28.1 Å². The smallest absolute Gasteiger partial charge is 0.267 e. The summed E-state index contributed by atoms with van der Waals surface area (Å²) in [5.74, 6) is -0.198. The molecule has 0 saturated heterocycles. The van der Waals surface area contributed by atoms with E-state index in [-0.39, 0.29) is 12.5 Å². The second-order valence-corrected chi connectivity index (χ2v) is 5.48. The minimum atomic E-state index is -0.198. The van der Waals surface area contributed by atoms with Gasteiger partial charge in [-0.3, -0.25) is 4.79 Å². The van der Waals surface area contributed by atoms with Crippen LogP contribution in [0.15, 0.2) is 24.3 Å². The van der Waals surface area contributed by atoms with Crippen LogP contribution in [-0.2, 0) is 6.42 Å². The minimum Gasteiger partial charge on any atom is -0.396 e. The Morgan fingerprint density at radius 2 is 2.30 bits per heavy atom. The molecule has 0 unspecified atom stereocenters. The average molecular weight is 291 g/mol. The standard InChI is InChI=1S/C14H17N3O2S/c1-9-12(20-14(15)16-9)13(19)17-11-6-2-4-10(8-11)5-3-7-18/h2,4,6,8,18H,3,5,7H2,1H3,(H2,15,16)(H,17,19). The van der Waals surface area contributed by atoms with Crippen LogP contribution >= 0.6 is 11.3 Å². The second kappa shape index (κ2) is 6.49. The molecule has 6 heteroatoms. The lowest BCUT2D eigenvalue weighted by Crippen LogP contribution is -2.11. The molecule has 2 aromatic rings. The Balaban J connectivity index is 2.09. The van der Waals surface area contributed by atoms with E-state index in [0.717, 1.165) is 17.7 Å². The normalized spacial score (nSPS) is 10.5. The molecule has 1 amide bonds. The number of aliphatic hydroxyl groups is 1. The van der Waals surface area contributed by atoms with Crippen LogP contribution in [0.4, 0.5) is 10.8 Å². The fourth-order valence-electron chi connectivity index (χ4n) is 1.90. The summed E-state index contributed by atoms with van der Waals surface area (Å²) in [6.45, 7) is 1.93. The van der Waals surface area contributed by atoms with E-state index in [1.165, 1.54) is 11.3 Å². The van der Waals surface area contributed by atoms with E-state index < -0.39 is 0 Å². The lowest BCUT2D eigenvalue weighted by atomic mass is 10.1. The van der Waals surface area contributed by atoms with Crippen LogP contribution in [0.5, 0.6) is 0 Å². The summed E-state index contributed by atoms with van der Waals surface area (Å²) in [7, 11) is 0. The number of aliphatic hydroxyl groups excluding tert-OH is 1. The second-order valence-electron chi connectivity index (χ2n) is 4.45. The Hall–Kier alpha value is -1.92. The van der Waals surface area contributed by atoms with Gasteiger partial charge in [-0.05, 0) is 37.5 Å². The van der Waals surface area contributed by atoms with Gasteiger partial charge >= 0.3 is 0 Å². The number of thiazole rings is 1. The van der Waals surface area contributed by atoms with Crippen molar-refractivity contribution in [2.24, 2.45) is 0 Å². The van der Waals surface area contributed by atoms with Crippen molar-refractivity contribution < 1.29 is 9.90 Å². The molecule has 20 heavy (non-hydrogen) atoms. The van der Waals surface area contributed by atoms with Crippen molar-refractivity contribution in [3.8, 4) is 0 Å². The monoisotopic (exact) mass is 291 g/mol. The molecule has 0 spiro atoms. The summed E-state index contributed by atoms with van der Waals surface area (Å²) < 4.78 is 0. The molecule has 1 aromatic carbocycles. The van der Waals surface area contributed by atoms with Gasteiger partial charge in [-0.1, -0.05) is 23.5 Å². The summed E-state index contributed by atoms with van der Waals surface area (Å²) in [5, 5.41) is 12.1. The lowest BCUT2D eigenvalue weighted by Gasteiger charge is -2.06. The molecular formula is C14H17N3O2S. The molecule has 1 heterocycles. The van der Waals surface area contributed by atoms with E-state index >= 15 is 0 Å². The van der Waals surface area contributed by atoms with Crippen LogP contribution in [-0.4, -0.2) is 22.6 Å². The molecular weight excluding hydrogens is 274 g/mol. The van der Waals surface area contributed by atoms with Crippen molar-refractivity contribution in [2.75, 3.05) is 17.7 Å². The highest BCUT2D eigenvalue weighted by molar-refractivity contribution is 7.17. The van der Waals surface area contributed by atoms with Gasteiger partial charge in [0.2, 0.25) is 0 Å². The van der Waals surface area contributed by atoms with Crippen LogP contribution in [0.3, 0.4) is 0 Å². The third kappa shape index (κ3) is 3.55. The maximum absolute atomic E-state index is 12.1. The number of hydrogen-bond acceptors (Lipinski definition) is 5. The zero-order valence-corrected chi connectivity index (χ0v) is 12.0. The summed E-state index contributed by atoms with van der Waals surface area (Å²) in [5.41, 5.74) is 8.05. The van der Waals surface area contributed by atoms with Crippen molar-refractivity contribution in [3.05, 3.63) is 40.4 Å². The fourth-order valence-corrected chi connectivity index (χ4v) is 2.63. The van der Waals surface area contributed by atoms with Crippen molar-refractivity contribution in [2.45, 2.75) is 19.8 Å². The molecule has 106 valence electrons. The number of aromatic nitrogens is 1. The van der Waals surface area contributed by atoms with E-state index in [0.29, 0.717) is 22.1 Å². The molecule has 0 saturated carbocycles. The van der Waals surface area contributed by atoms with Gasteiger partial charge in [0, 0.05) is 12.3 Å². The largest absolute Gasteiger partial charge is 0.396 e. The third-order valence-electron chi connectivity index (χ3n) is 2.83. The zero-order valence-electron chi connectivity index (χ0n) is 11.2. The number of anilines is 2. The number of carbonyl (C=O) groups excluding carboxylic acids is 1. The van der Waals surface area contributed by atoms with E-state index in [4.69, 9.17) is 10.8 Å². The van der Waals surface area contributed by atoms with Crippen LogP contribution in [0.1, 0.15) is 27.3 Å². The molecule has 1 aromatic heterocycles. The Bertz CT molecular complexity index is 610. The van der Waals surface area contributed by atoms with Gasteiger partial charge in [0.05, 0.1) is 5.69 Å². The average Bonchev–Trinajstić information content (AvgIpc) is 2.76. The molecule has 0 atom stereocenters. The van der Waals surface area contributed by atoms with E-state index in [2.05, 4.69) is 10.3 Å². The number of nitrogens with zero attached hydrogens (tertiary/aromatic N) is 1. The molecule has 0 bridgehead atoms. The molecule has 5 nitrogen and oxygen atoms in total. The molecule has 2 rings (SSSR count). The molecule has 0 fully saturated rings. The number of rotatable bonds is 5. The van der Waals surface area contributed by atoms with Gasteiger partial charge in [-0.15, -0.1) is 0 Å². The number of amides is 1. The van der Waals surface area contributed by atoms with Gasteiger partial charge in [0.15, 0.2) is 5.13 Å². The van der Waals surface area contributed by atoms with Crippen LogP contribution < -0.4 is 11.1 Å².